The van der Waals surface area contributed by atoms with Crippen molar-refractivity contribution in [1.29, 1.82) is 0 Å². The zero-order valence-electron chi connectivity index (χ0n) is 9.64. The van der Waals surface area contributed by atoms with Crippen LogP contribution in [-0.2, 0) is 10.0 Å². The van der Waals surface area contributed by atoms with E-state index in [2.05, 4.69) is 9.88 Å². The molecule has 94 valence electrons. The van der Waals surface area contributed by atoms with E-state index in [0.29, 0.717) is 11.3 Å². The lowest BCUT2D eigenvalue weighted by Gasteiger charge is -2.10. The third-order valence-electron chi connectivity index (χ3n) is 2.29. The summed E-state index contributed by atoms with van der Waals surface area (Å²) in [7, 11) is -3.34. The molecule has 1 aromatic rings. The summed E-state index contributed by atoms with van der Waals surface area (Å²) in [6.45, 7) is 3.31. The van der Waals surface area contributed by atoms with Gasteiger partial charge in [0.2, 0.25) is 10.0 Å². The van der Waals surface area contributed by atoms with Crippen LogP contribution in [0.15, 0.2) is 23.4 Å². The molecule has 0 fully saturated rings. The third kappa shape index (κ3) is 3.35. The molecule has 4 N–H and O–H groups in total. The number of nitrogens with two attached hydrogens (primary N) is 1. The van der Waals surface area contributed by atoms with E-state index in [0.717, 1.165) is 5.56 Å². The Balaban J connectivity index is 3.16. The first kappa shape index (κ1) is 13.3. The van der Waals surface area contributed by atoms with E-state index >= 15 is 0 Å². The Morgan fingerprint density at radius 2 is 2.18 bits per heavy atom. The lowest BCUT2D eigenvalue weighted by Crippen LogP contribution is -2.17. The van der Waals surface area contributed by atoms with E-state index in [1.165, 1.54) is 6.07 Å². The van der Waals surface area contributed by atoms with Gasteiger partial charge in [-0.1, -0.05) is 17.3 Å². The first-order valence-electron chi connectivity index (χ1n) is 4.98. The summed E-state index contributed by atoms with van der Waals surface area (Å²) in [6, 6.07) is 4.87. The summed E-state index contributed by atoms with van der Waals surface area (Å²) < 4.78 is 25.3. The van der Waals surface area contributed by atoms with Crippen LogP contribution in [0.3, 0.4) is 0 Å². The van der Waals surface area contributed by atoms with Crippen molar-refractivity contribution in [3.8, 4) is 0 Å². The number of hydrogen-bond donors (Lipinski definition) is 3. The summed E-state index contributed by atoms with van der Waals surface area (Å²) in [5.41, 5.74) is 7.07. The van der Waals surface area contributed by atoms with Crippen LogP contribution in [0.25, 0.3) is 0 Å². The van der Waals surface area contributed by atoms with Crippen molar-refractivity contribution >= 4 is 21.5 Å². The highest BCUT2D eigenvalue weighted by molar-refractivity contribution is 7.92. The number of rotatable bonds is 4. The first-order valence-corrected chi connectivity index (χ1v) is 6.64. The lowest BCUT2D eigenvalue weighted by atomic mass is 10.1. The average Bonchev–Trinajstić information content (AvgIpc) is 2.30. The van der Waals surface area contributed by atoms with Gasteiger partial charge in [0.05, 0.1) is 11.4 Å². The zero-order valence-corrected chi connectivity index (χ0v) is 10.5. The summed E-state index contributed by atoms with van der Waals surface area (Å²) >= 11 is 0. The number of sulfonamides is 1. The van der Waals surface area contributed by atoms with E-state index in [9.17, 15) is 8.42 Å². The molecule has 1 aromatic carbocycles. The van der Waals surface area contributed by atoms with Crippen molar-refractivity contribution in [2.24, 2.45) is 10.9 Å². The van der Waals surface area contributed by atoms with Gasteiger partial charge in [-0.05, 0) is 25.5 Å². The van der Waals surface area contributed by atoms with Crippen molar-refractivity contribution in [2.45, 2.75) is 13.8 Å². The molecule has 0 aliphatic heterocycles. The smallest absolute Gasteiger partial charge is 0.232 e. The third-order valence-corrected chi connectivity index (χ3v) is 3.58. The van der Waals surface area contributed by atoms with Crippen molar-refractivity contribution < 1.29 is 13.6 Å². The Morgan fingerprint density at radius 3 is 2.71 bits per heavy atom. The highest BCUT2D eigenvalue weighted by Gasteiger charge is 2.10. The molecule has 0 heterocycles. The van der Waals surface area contributed by atoms with Gasteiger partial charge in [-0.25, -0.2) is 8.42 Å². The Bertz CT molecular complexity index is 538. The highest BCUT2D eigenvalue weighted by Crippen LogP contribution is 2.18. The second kappa shape index (κ2) is 5.05. The topological polar surface area (TPSA) is 105 Å². The van der Waals surface area contributed by atoms with Gasteiger partial charge in [0, 0.05) is 5.56 Å². The van der Waals surface area contributed by atoms with E-state index in [-0.39, 0.29) is 11.6 Å². The monoisotopic (exact) mass is 257 g/mol. The van der Waals surface area contributed by atoms with E-state index in [1.54, 1.807) is 26.0 Å². The summed E-state index contributed by atoms with van der Waals surface area (Å²) in [5, 5.41) is 11.4. The minimum Gasteiger partial charge on any atom is -0.409 e. The molecule has 0 bridgehead atoms. The van der Waals surface area contributed by atoms with E-state index < -0.39 is 10.0 Å². The summed E-state index contributed by atoms with van der Waals surface area (Å²) in [6.07, 6.45) is 0. The van der Waals surface area contributed by atoms with Gasteiger partial charge in [-0.2, -0.15) is 0 Å². The van der Waals surface area contributed by atoms with Gasteiger partial charge in [0.25, 0.3) is 0 Å². The normalized spacial score (nSPS) is 12.5. The van der Waals surface area contributed by atoms with Crippen LogP contribution in [0.1, 0.15) is 18.1 Å². The minimum absolute atomic E-state index is 0.0137. The zero-order chi connectivity index (χ0) is 13.1. The van der Waals surface area contributed by atoms with Crippen molar-refractivity contribution in [3.63, 3.8) is 0 Å². The molecule has 0 aliphatic rings. The largest absolute Gasteiger partial charge is 0.409 e. The SMILES string of the molecule is CCS(=O)(=O)Nc1cc(/C(N)=N/O)ccc1C. The molecule has 0 spiro atoms. The molecule has 6 nitrogen and oxygen atoms in total. The van der Waals surface area contributed by atoms with Crippen LogP contribution < -0.4 is 10.5 Å². The quantitative estimate of drug-likeness (QED) is 0.322. The van der Waals surface area contributed by atoms with Crippen LogP contribution in [0.5, 0.6) is 0 Å². The molecule has 0 radical (unpaired) electrons. The van der Waals surface area contributed by atoms with Gasteiger partial charge in [-0.3, -0.25) is 4.72 Å². The van der Waals surface area contributed by atoms with Crippen LogP contribution in [-0.4, -0.2) is 25.2 Å². The second-order valence-electron chi connectivity index (χ2n) is 3.52. The minimum atomic E-state index is -3.34. The molecule has 7 heteroatoms. The molecular weight excluding hydrogens is 242 g/mol. The molecule has 0 unspecified atom stereocenters. The van der Waals surface area contributed by atoms with Gasteiger partial charge < -0.3 is 10.9 Å². The second-order valence-corrected chi connectivity index (χ2v) is 5.53. The molecule has 0 aromatic heterocycles. The number of nitrogens with zero attached hydrogens (tertiary/aromatic N) is 1. The van der Waals surface area contributed by atoms with Crippen LogP contribution in [0.2, 0.25) is 0 Å². The molecule has 1 rings (SSSR count). The number of aryl methyl sites for hydroxylation is 1. The fourth-order valence-corrected chi connectivity index (χ4v) is 1.89. The summed E-state index contributed by atoms with van der Waals surface area (Å²) in [5.74, 6) is -0.0813. The van der Waals surface area contributed by atoms with Gasteiger partial charge in [0.15, 0.2) is 5.84 Å². The summed E-state index contributed by atoms with van der Waals surface area (Å²) in [4.78, 5) is 0. The molecule has 17 heavy (non-hydrogen) atoms. The van der Waals surface area contributed by atoms with Crippen molar-refractivity contribution in [1.82, 2.24) is 0 Å². The maximum absolute atomic E-state index is 11.4. The predicted molar refractivity (Wildman–Crippen MR) is 66.8 cm³/mol. The molecule has 0 saturated carbocycles. The van der Waals surface area contributed by atoms with Crippen LogP contribution >= 0.6 is 0 Å². The number of benzene rings is 1. The lowest BCUT2D eigenvalue weighted by molar-refractivity contribution is 0.318. The Labute approximate surface area is 100 Å². The van der Waals surface area contributed by atoms with Gasteiger partial charge in [0.1, 0.15) is 0 Å². The maximum atomic E-state index is 11.4. The number of nitrogens with one attached hydrogen (secondary N) is 1. The molecule has 0 aliphatic carbocycles. The van der Waals surface area contributed by atoms with E-state index in [1.807, 2.05) is 0 Å². The number of amidine groups is 1. The predicted octanol–water partition coefficient (Wildman–Crippen LogP) is 0.851. The maximum Gasteiger partial charge on any atom is 0.232 e. The standard InChI is InChI=1S/C10H15N3O3S/c1-3-17(15,16)13-9-6-8(10(11)12-14)5-4-7(9)2/h4-6,13-14H,3H2,1-2H3,(H2,11,12). The molecule has 0 amide bonds. The van der Waals surface area contributed by atoms with Crippen LogP contribution in [0.4, 0.5) is 5.69 Å². The number of hydrogen-bond acceptors (Lipinski definition) is 4. The number of anilines is 1. The fourth-order valence-electron chi connectivity index (χ4n) is 1.19. The van der Waals surface area contributed by atoms with Crippen molar-refractivity contribution in [2.75, 3.05) is 10.5 Å². The Kier molecular flexibility index (Phi) is 3.95. The van der Waals surface area contributed by atoms with Crippen LogP contribution in [0, 0.1) is 6.92 Å². The fraction of sp³-hybridized carbons (Fsp3) is 0.300. The van der Waals surface area contributed by atoms with Crippen molar-refractivity contribution in [3.05, 3.63) is 29.3 Å². The average molecular weight is 257 g/mol. The molecule has 0 saturated heterocycles. The first-order chi connectivity index (χ1) is 7.89. The number of oxime groups is 1. The van der Waals surface area contributed by atoms with E-state index in [4.69, 9.17) is 10.9 Å². The highest BCUT2D eigenvalue weighted by atomic mass is 32.2. The molecular formula is C10H15N3O3S. The Morgan fingerprint density at radius 1 is 1.53 bits per heavy atom. The van der Waals surface area contributed by atoms with Gasteiger partial charge in [-0.15, -0.1) is 0 Å². The molecule has 0 atom stereocenters. The Hall–Kier alpha value is -1.76. The van der Waals surface area contributed by atoms with Gasteiger partial charge >= 0.3 is 0 Å².